The highest BCUT2D eigenvalue weighted by Crippen LogP contribution is 2.16. The standard InChI is InChI=1S/C20H22ClN5S/c1-2-3-6-15-9-11-17(12-10-15)23-20(27)24-19-22-14-26(25-19)13-16-7-4-5-8-18(16)21/h4-5,7-12,14H,2-3,6,13H2,1H3,(H2,23,24,25,27). The quantitative estimate of drug-likeness (QED) is 0.539. The average molecular weight is 400 g/mol. The summed E-state index contributed by atoms with van der Waals surface area (Å²) in [5, 5.41) is 11.7. The van der Waals surface area contributed by atoms with E-state index in [4.69, 9.17) is 23.8 Å². The Morgan fingerprint density at radius 2 is 1.89 bits per heavy atom. The van der Waals surface area contributed by atoms with E-state index in [-0.39, 0.29) is 0 Å². The predicted molar refractivity (Wildman–Crippen MR) is 115 cm³/mol. The molecule has 0 bridgehead atoms. The molecule has 0 radical (unpaired) electrons. The van der Waals surface area contributed by atoms with Crippen LogP contribution in [0.5, 0.6) is 0 Å². The summed E-state index contributed by atoms with van der Waals surface area (Å²) in [7, 11) is 0. The maximum absolute atomic E-state index is 6.19. The van der Waals surface area contributed by atoms with Gasteiger partial charge < -0.3 is 5.32 Å². The van der Waals surface area contributed by atoms with Gasteiger partial charge in [0.1, 0.15) is 6.33 Å². The molecule has 3 rings (SSSR count). The minimum absolute atomic E-state index is 0.444. The number of benzene rings is 2. The summed E-state index contributed by atoms with van der Waals surface area (Å²) in [6, 6.07) is 16.0. The van der Waals surface area contributed by atoms with Gasteiger partial charge >= 0.3 is 0 Å². The van der Waals surface area contributed by atoms with Crippen molar-refractivity contribution in [3.05, 3.63) is 71.0 Å². The zero-order valence-electron chi connectivity index (χ0n) is 15.2. The largest absolute Gasteiger partial charge is 0.332 e. The van der Waals surface area contributed by atoms with Crippen LogP contribution in [0.4, 0.5) is 11.6 Å². The minimum Gasteiger partial charge on any atom is -0.332 e. The van der Waals surface area contributed by atoms with Crippen LogP contribution in [0, 0.1) is 0 Å². The third-order valence-electron chi connectivity index (χ3n) is 4.08. The van der Waals surface area contributed by atoms with Crippen LogP contribution in [0.1, 0.15) is 30.9 Å². The molecule has 1 aromatic heterocycles. The van der Waals surface area contributed by atoms with Crippen LogP contribution < -0.4 is 10.6 Å². The summed E-state index contributed by atoms with van der Waals surface area (Å²) in [5.74, 6) is 0.444. The molecular formula is C20H22ClN5S. The van der Waals surface area contributed by atoms with Gasteiger partial charge in [0.2, 0.25) is 5.95 Å². The summed E-state index contributed by atoms with van der Waals surface area (Å²) in [6.07, 6.45) is 5.16. The Balaban J connectivity index is 1.54. The molecule has 2 N–H and O–H groups in total. The van der Waals surface area contributed by atoms with Crippen molar-refractivity contribution in [2.45, 2.75) is 32.7 Å². The smallest absolute Gasteiger partial charge is 0.248 e. The number of aromatic nitrogens is 3. The number of nitrogens with zero attached hydrogens (tertiary/aromatic N) is 3. The maximum atomic E-state index is 6.19. The molecule has 0 amide bonds. The van der Waals surface area contributed by atoms with Gasteiger partial charge in [0.05, 0.1) is 6.54 Å². The van der Waals surface area contributed by atoms with Gasteiger partial charge in [-0.05, 0) is 54.4 Å². The second-order valence-electron chi connectivity index (χ2n) is 6.24. The molecule has 0 fully saturated rings. The summed E-state index contributed by atoms with van der Waals surface area (Å²) in [4.78, 5) is 4.24. The van der Waals surface area contributed by atoms with Gasteiger partial charge in [0, 0.05) is 10.7 Å². The molecule has 5 nitrogen and oxygen atoms in total. The Hall–Kier alpha value is -2.44. The maximum Gasteiger partial charge on any atom is 0.248 e. The van der Waals surface area contributed by atoms with Crippen molar-refractivity contribution in [3.8, 4) is 0 Å². The fourth-order valence-electron chi connectivity index (χ4n) is 2.63. The van der Waals surface area contributed by atoms with Crippen molar-refractivity contribution in [1.82, 2.24) is 14.8 Å². The Morgan fingerprint density at radius 1 is 1.11 bits per heavy atom. The first-order chi connectivity index (χ1) is 13.1. The van der Waals surface area contributed by atoms with E-state index in [0.717, 1.165) is 17.7 Å². The van der Waals surface area contributed by atoms with Crippen molar-refractivity contribution in [3.63, 3.8) is 0 Å². The van der Waals surface area contributed by atoms with Gasteiger partial charge in [0.15, 0.2) is 5.11 Å². The molecule has 27 heavy (non-hydrogen) atoms. The lowest BCUT2D eigenvalue weighted by Gasteiger charge is -2.09. The number of thiocarbonyl (C=S) groups is 1. The zero-order valence-corrected chi connectivity index (χ0v) is 16.7. The SMILES string of the molecule is CCCCc1ccc(NC(=S)Nc2ncn(Cc3ccccc3Cl)n2)cc1. The predicted octanol–water partition coefficient (Wildman–Crippen LogP) is 5.13. The molecule has 1 heterocycles. The molecule has 140 valence electrons. The molecule has 3 aromatic rings. The van der Waals surface area contributed by atoms with Crippen molar-refractivity contribution in [1.29, 1.82) is 0 Å². The summed E-state index contributed by atoms with van der Waals surface area (Å²) in [5.41, 5.74) is 3.25. The van der Waals surface area contributed by atoms with Gasteiger partial charge in [-0.3, -0.25) is 5.32 Å². The van der Waals surface area contributed by atoms with Crippen molar-refractivity contribution < 1.29 is 0 Å². The molecule has 7 heteroatoms. The number of hydrogen-bond acceptors (Lipinski definition) is 3. The van der Waals surface area contributed by atoms with Crippen molar-refractivity contribution >= 4 is 40.6 Å². The summed E-state index contributed by atoms with van der Waals surface area (Å²) in [6.45, 7) is 2.75. The lowest BCUT2D eigenvalue weighted by molar-refractivity contribution is 0.687. The Labute approximate surface area is 169 Å². The number of halogens is 1. The first-order valence-electron chi connectivity index (χ1n) is 8.94. The average Bonchev–Trinajstić information content (AvgIpc) is 3.10. The van der Waals surface area contributed by atoms with Gasteiger partial charge in [-0.1, -0.05) is 55.3 Å². The number of nitrogens with one attached hydrogen (secondary N) is 2. The van der Waals surface area contributed by atoms with E-state index in [9.17, 15) is 0 Å². The van der Waals surface area contributed by atoms with E-state index in [1.54, 1.807) is 11.0 Å². The van der Waals surface area contributed by atoms with Crippen molar-refractivity contribution in [2.75, 3.05) is 10.6 Å². The van der Waals surface area contributed by atoms with Crippen LogP contribution >= 0.6 is 23.8 Å². The Morgan fingerprint density at radius 3 is 2.63 bits per heavy atom. The number of aryl methyl sites for hydroxylation is 1. The highest BCUT2D eigenvalue weighted by Gasteiger charge is 2.06. The topological polar surface area (TPSA) is 54.8 Å². The highest BCUT2D eigenvalue weighted by atomic mass is 35.5. The van der Waals surface area contributed by atoms with E-state index in [1.165, 1.54) is 18.4 Å². The summed E-state index contributed by atoms with van der Waals surface area (Å²) >= 11 is 11.5. The highest BCUT2D eigenvalue weighted by molar-refractivity contribution is 7.80. The monoisotopic (exact) mass is 399 g/mol. The second kappa shape index (κ2) is 9.48. The molecular weight excluding hydrogens is 378 g/mol. The number of unbranched alkanes of at least 4 members (excludes halogenated alkanes) is 1. The fraction of sp³-hybridized carbons (Fsp3) is 0.250. The second-order valence-corrected chi connectivity index (χ2v) is 7.05. The molecule has 0 aliphatic rings. The van der Waals surface area contributed by atoms with E-state index >= 15 is 0 Å². The van der Waals surface area contributed by atoms with E-state index in [1.807, 2.05) is 36.4 Å². The minimum atomic E-state index is 0.444. The van der Waals surface area contributed by atoms with Gasteiger partial charge in [-0.25, -0.2) is 9.67 Å². The lowest BCUT2D eigenvalue weighted by Crippen LogP contribution is -2.20. The van der Waals surface area contributed by atoms with Gasteiger partial charge in [-0.15, -0.1) is 5.10 Å². The van der Waals surface area contributed by atoms with Crippen LogP contribution in [0.3, 0.4) is 0 Å². The Bertz CT molecular complexity index is 891. The van der Waals surface area contributed by atoms with E-state index < -0.39 is 0 Å². The van der Waals surface area contributed by atoms with Crippen LogP contribution in [-0.4, -0.2) is 19.9 Å². The van der Waals surface area contributed by atoms with Crippen molar-refractivity contribution in [2.24, 2.45) is 0 Å². The molecule has 0 atom stereocenters. The fourth-order valence-corrected chi connectivity index (χ4v) is 3.03. The third-order valence-corrected chi connectivity index (χ3v) is 4.66. The van der Waals surface area contributed by atoms with E-state index in [0.29, 0.717) is 22.6 Å². The number of hydrogen-bond donors (Lipinski definition) is 2. The number of anilines is 2. The van der Waals surface area contributed by atoms with Gasteiger partial charge in [-0.2, -0.15) is 0 Å². The van der Waals surface area contributed by atoms with Crippen LogP contribution in [0.25, 0.3) is 0 Å². The zero-order chi connectivity index (χ0) is 19.1. The molecule has 0 aliphatic heterocycles. The normalized spacial score (nSPS) is 10.6. The molecule has 0 saturated carbocycles. The molecule has 2 aromatic carbocycles. The Kier molecular flexibility index (Phi) is 6.79. The molecule has 0 saturated heterocycles. The first-order valence-corrected chi connectivity index (χ1v) is 9.72. The van der Waals surface area contributed by atoms with E-state index in [2.05, 4.69) is 39.8 Å². The molecule has 0 unspecified atom stereocenters. The number of rotatable bonds is 7. The van der Waals surface area contributed by atoms with Crippen LogP contribution in [0.15, 0.2) is 54.9 Å². The van der Waals surface area contributed by atoms with Crippen LogP contribution in [-0.2, 0) is 13.0 Å². The van der Waals surface area contributed by atoms with Crippen LogP contribution in [0.2, 0.25) is 5.02 Å². The molecule has 0 aliphatic carbocycles. The third kappa shape index (κ3) is 5.77. The lowest BCUT2D eigenvalue weighted by atomic mass is 10.1. The van der Waals surface area contributed by atoms with Gasteiger partial charge in [0.25, 0.3) is 0 Å². The first kappa shape index (κ1) is 19.3. The molecule has 0 spiro atoms. The summed E-state index contributed by atoms with van der Waals surface area (Å²) < 4.78 is 1.72.